The Hall–Kier alpha value is -1.56. The Balaban J connectivity index is 1.99. The molecule has 0 aliphatic carbocycles. The predicted octanol–water partition coefficient (Wildman–Crippen LogP) is 5.36. The van der Waals surface area contributed by atoms with Gasteiger partial charge in [0.2, 0.25) is 0 Å². The molecule has 3 unspecified atom stereocenters. The third kappa shape index (κ3) is 5.53. The molecule has 0 aromatic heterocycles. The largest absolute Gasteiger partial charge is 0.371 e. The smallest absolute Gasteiger partial charge is 0.123 e. The van der Waals surface area contributed by atoms with E-state index in [1.807, 2.05) is 30.8 Å². The average Bonchev–Trinajstić information content (AvgIpc) is 3.24. The van der Waals surface area contributed by atoms with E-state index < -0.39 is 0 Å². The second kappa shape index (κ2) is 10.5. The van der Waals surface area contributed by atoms with Gasteiger partial charge in [0, 0.05) is 17.5 Å². The number of halogens is 1. The molecule has 0 saturated carbocycles. The summed E-state index contributed by atoms with van der Waals surface area (Å²) in [4.78, 5) is 2.53. The maximum absolute atomic E-state index is 13.6. The minimum absolute atomic E-state index is 0.0144. The van der Waals surface area contributed by atoms with Crippen molar-refractivity contribution >= 4 is 11.8 Å². The van der Waals surface area contributed by atoms with Crippen molar-refractivity contribution in [3.63, 3.8) is 0 Å². The first-order chi connectivity index (χ1) is 14.0. The standard InChI is InChI=1S/C24H34FN3S/c1-5-15-29-18(4)24-26-21(16-28-13-7-8-14-28)22(17(3)6-2)23(27-24)19-9-11-20(25)12-10-19/h5,9-12,15,18,23-24,26-27H,3,6-8,13-14,16H2,1-2,4H3/b15-5-. The Bertz CT molecular complexity index is 750. The first kappa shape index (κ1) is 22.1. The highest BCUT2D eigenvalue weighted by molar-refractivity contribution is 8.02. The minimum atomic E-state index is -0.201. The Morgan fingerprint density at radius 2 is 2.00 bits per heavy atom. The van der Waals surface area contributed by atoms with Crippen LogP contribution in [0.25, 0.3) is 0 Å². The van der Waals surface area contributed by atoms with E-state index in [-0.39, 0.29) is 18.0 Å². The molecule has 2 aliphatic rings. The maximum atomic E-state index is 13.6. The lowest BCUT2D eigenvalue weighted by Crippen LogP contribution is -2.55. The summed E-state index contributed by atoms with van der Waals surface area (Å²) in [7, 11) is 0. The summed E-state index contributed by atoms with van der Waals surface area (Å²) >= 11 is 1.82. The maximum Gasteiger partial charge on any atom is 0.123 e. The van der Waals surface area contributed by atoms with Crippen LogP contribution < -0.4 is 10.6 Å². The quantitative estimate of drug-likeness (QED) is 0.598. The van der Waals surface area contributed by atoms with Gasteiger partial charge in [0.05, 0.1) is 12.2 Å². The number of hydrogen-bond acceptors (Lipinski definition) is 4. The van der Waals surface area contributed by atoms with Crippen molar-refractivity contribution in [1.29, 1.82) is 0 Å². The average molecular weight is 416 g/mol. The highest BCUT2D eigenvalue weighted by Gasteiger charge is 2.33. The van der Waals surface area contributed by atoms with Crippen LogP contribution >= 0.6 is 11.8 Å². The molecule has 0 spiro atoms. The van der Waals surface area contributed by atoms with Crippen LogP contribution in [0.1, 0.15) is 51.6 Å². The second-order valence-corrected chi connectivity index (χ2v) is 9.20. The third-order valence-corrected chi connectivity index (χ3v) is 6.91. The van der Waals surface area contributed by atoms with Gasteiger partial charge in [-0.25, -0.2) is 4.39 Å². The fraction of sp³-hybridized carbons (Fsp3) is 0.500. The Kier molecular flexibility index (Phi) is 7.99. The van der Waals surface area contributed by atoms with Gasteiger partial charge in [-0.2, -0.15) is 0 Å². The molecule has 3 atom stereocenters. The van der Waals surface area contributed by atoms with Crippen molar-refractivity contribution in [2.24, 2.45) is 0 Å². The summed E-state index contributed by atoms with van der Waals surface area (Å²) in [6.45, 7) is 14.1. The van der Waals surface area contributed by atoms with Gasteiger partial charge < -0.3 is 5.32 Å². The van der Waals surface area contributed by atoms with E-state index in [1.54, 1.807) is 12.1 Å². The van der Waals surface area contributed by atoms with E-state index in [1.165, 1.54) is 24.1 Å². The number of thioether (sulfide) groups is 1. The Labute approximate surface area is 179 Å². The van der Waals surface area contributed by atoms with Gasteiger partial charge in [-0.1, -0.05) is 31.7 Å². The summed E-state index contributed by atoms with van der Waals surface area (Å²) in [5, 5.41) is 10.1. The number of likely N-dealkylation sites (tertiary alicyclic amines) is 1. The van der Waals surface area contributed by atoms with Crippen LogP contribution in [0.4, 0.5) is 4.39 Å². The number of benzene rings is 1. The number of allylic oxidation sites excluding steroid dienone is 1. The van der Waals surface area contributed by atoms with Gasteiger partial charge in [-0.3, -0.25) is 10.2 Å². The Morgan fingerprint density at radius 1 is 1.31 bits per heavy atom. The van der Waals surface area contributed by atoms with Gasteiger partial charge in [-0.15, -0.1) is 11.8 Å². The van der Waals surface area contributed by atoms with Crippen LogP contribution in [0.5, 0.6) is 0 Å². The fourth-order valence-corrected chi connectivity index (χ4v) is 4.81. The zero-order valence-electron chi connectivity index (χ0n) is 17.9. The molecule has 2 aliphatic heterocycles. The van der Waals surface area contributed by atoms with E-state index >= 15 is 0 Å². The van der Waals surface area contributed by atoms with Gasteiger partial charge >= 0.3 is 0 Å². The van der Waals surface area contributed by atoms with Crippen LogP contribution in [0, 0.1) is 5.82 Å². The number of rotatable bonds is 8. The molecule has 1 saturated heterocycles. The van der Waals surface area contributed by atoms with Crippen LogP contribution in [0.3, 0.4) is 0 Å². The van der Waals surface area contributed by atoms with Crippen LogP contribution in [-0.2, 0) is 0 Å². The van der Waals surface area contributed by atoms with Crippen LogP contribution in [-0.4, -0.2) is 35.9 Å². The molecule has 3 nitrogen and oxygen atoms in total. The number of hydrogen-bond donors (Lipinski definition) is 2. The summed E-state index contributed by atoms with van der Waals surface area (Å²) < 4.78 is 13.6. The van der Waals surface area contributed by atoms with E-state index in [4.69, 9.17) is 0 Å². The lowest BCUT2D eigenvalue weighted by molar-refractivity contribution is 0.322. The fourth-order valence-electron chi connectivity index (χ4n) is 4.10. The van der Waals surface area contributed by atoms with Crippen molar-refractivity contribution in [1.82, 2.24) is 15.5 Å². The molecule has 1 aromatic rings. The van der Waals surface area contributed by atoms with E-state index in [2.05, 4.69) is 47.4 Å². The molecule has 158 valence electrons. The number of nitrogens with one attached hydrogen (secondary N) is 2. The van der Waals surface area contributed by atoms with Gasteiger partial charge in [0.1, 0.15) is 5.82 Å². The molecule has 29 heavy (non-hydrogen) atoms. The normalized spacial score (nSPS) is 24.1. The van der Waals surface area contributed by atoms with Gasteiger partial charge in [0.25, 0.3) is 0 Å². The van der Waals surface area contributed by atoms with Crippen molar-refractivity contribution in [3.05, 3.63) is 70.6 Å². The topological polar surface area (TPSA) is 27.3 Å². The minimum Gasteiger partial charge on any atom is -0.371 e. The van der Waals surface area contributed by atoms with E-state index in [9.17, 15) is 4.39 Å². The SMILES string of the molecule is C=C(CC)C1=C(CN2CCCC2)NC(C(C)S/C=C\C)NC1c1ccc(F)cc1. The van der Waals surface area contributed by atoms with E-state index in [0.29, 0.717) is 5.25 Å². The molecule has 0 amide bonds. The molecule has 2 heterocycles. The monoisotopic (exact) mass is 415 g/mol. The molecule has 0 radical (unpaired) electrons. The first-order valence-electron chi connectivity index (χ1n) is 10.7. The zero-order chi connectivity index (χ0) is 20.8. The Morgan fingerprint density at radius 3 is 2.62 bits per heavy atom. The van der Waals surface area contributed by atoms with E-state index in [0.717, 1.165) is 37.2 Å². The van der Waals surface area contributed by atoms with Crippen molar-refractivity contribution in [2.45, 2.75) is 57.5 Å². The summed E-state index contributed by atoms with van der Waals surface area (Å²) in [5.41, 5.74) is 4.74. The lowest BCUT2D eigenvalue weighted by atomic mass is 9.88. The van der Waals surface area contributed by atoms with Gasteiger partial charge in [-0.05, 0) is 80.4 Å². The van der Waals surface area contributed by atoms with Crippen LogP contribution in [0.2, 0.25) is 0 Å². The predicted molar refractivity (Wildman–Crippen MR) is 123 cm³/mol. The molecule has 0 bridgehead atoms. The van der Waals surface area contributed by atoms with Crippen molar-refractivity contribution < 1.29 is 4.39 Å². The third-order valence-electron chi connectivity index (χ3n) is 5.78. The molecule has 1 fully saturated rings. The molecule has 3 rings (SSSR count). The van der Waals surface area contributed by atoms with Crippen molar-refractivity contribution in [3.8, 4) is 0 Å². The molecular weight excluding hydrogens is 381 g/mol. The number of nitrogens with zero attached hydrogens (tertiary/aromatic N) is 1. The molecule has 5 heteroatoms. The van der Waals surface area contributed by atoms with Crippen molar-refractivity contribution in [2.75, 3.05) is 19.6 Å². The summed E-state index contributed by atoms with van der Waals surface area (Å²) in [5.74, 6) is -0.201. The first-order valence-corrected chi connectivity index (χ1v) is 11.7. The highest BCUT2D eigenvalue weighted by Crippen LogP contribution is 2.35. The lowest BCUT2D eigenvalue weighted by Gasteiger charge is -2.41. The van der Waals surface area contributed by atoms with Crippen LogP contribution in [0.15, 0.2) is 59.2 Å². The van der Waals surface area contributed by atoms with Gasteiger partial charge in [0.15, 0.2) is 0 Å². The molecular formula is C24H34FN3S. The second-order valence-electron chi connectivity index (χ2n) is 7.92. The molecule has 1 aromatic carbocycles. The highest BCUT2D eigenvalue weighted by atomic mass is 32.2. The summed E-state index contributed by atoms with van der Waals surface area (Å²) in [6, 6.07) is 6.92. The summed E-state index contributed by atoms with van der Waals surface area (Å²) in [6.07, 6.45) is 5.64. The molecule has 2 N–H and O–H groups in total. The zero-order valence-corrected chi connectivity index (χ0v) is 18.7.